The van der Waals surface area contributed by atoms with E-state index in [-0.39, 0.29) is 31.0 Å². The molecule has 1 aromatic carbocycles. The SMILES string of the molecule is CC(C)N(CC(=O)Nc1nccs1)C(=O)COCc1ccccc1. The molecule has 0 bridgehead atoms. The number of hydrogen-bond acceptors (Lipinski definition) is 5. The molecule has 2 aromatic rings. The summed E-state index contributed by atoms with van der Waals surface area (Å²) in [6, 6.07) is 9.54. The van der Waals surface area contributed by atoms with Gasteiger partial charge in [0.05, 0.1) is 6.61 Å². The lowest BCUT2D eigenvalue weighted by molar-refractivity contribution is -0.141. The van der Waals surface area contributed by atoms with Crippen LogP contribution < -0.4 is 5.32 Å². The molecule has 128 valence electrons. The number of nitrogens with one attached hydrogen (secondary N) is 1. The van der Waals surface area contributed by atoms with Crippen LogP contribution in [-0.4, -0.2) is 40.9 Å². The van der Waals surface area contributed by atoms with Crippen molar-refractivity contribution in [3.05, 3.63) is 47.5 Å². The molecule has 0 aliphatic carbocycles. The summed E-state index contributed by atoms with van der Waals surface area (Å²) in [6.45, 7) is 4.02. The van der Waals surface area contributed by atoms with Gasteiger partial charge in [0, 0.05) is 17.6 Å². The van der Waals surface area contributed by atoms with Crippen LogP contribution in [0.3, 0.4) is 0 Å². The second-order valence-corrected chi connectivity index (χ2v) is 6.37. The summed E-state index contributed by atoms with van der Waals surface area (Å²) in [5.74, 6) is -0.481. The van der Waals surface area contributed by atoms with Crippen LogP contribution in [0.1, 0.15) is 19.4 Å². The predicted molar refractivity (Wildman–Crippen MR) is 93.7 cm³/mol. The fourth-order valence-corrected chi connectivity index (χ4v) is 2.62. The molecule has 7 heteroatoms. The minimum atomic E-state index is -0.268. The molecule has 2 amide bonds. The maximum absolute atomic E-state index is 12.3. The molecule has 0 saturated heterocycles. The van der Waals surface area contributed by atoms with Gasteiger partial charge in [-0.3, -0.25) is 9.59 Å². The zero-order valence-corrected chi connectivity index (χ0v) is 14.6. The molecule has 0 unspecified atom stereocenters. The molecule has 1 heterocycles. The first-order valence-corrected chi connectivity index (χ1v) is 8.54. The molecule has 24 heavy (non-hydrogen) atoms. The van der Waals surface area contributed by atoms with E-state index >= 15 is 0 Å². The Balaban J connectivity index is 1.82. The molecular formula is C17H21N3O3S. The van der Waals surface area contributed by atoms with Crippen molar-refractivity contribution >= 4 is 28.3 Å². The summed E-state index contributed by atoms with van der Waals surface area (Å²) in [7, 11) is 0. The molecule has 0 aliphatic heterocycles. The van der Waals surface area contributed by atoms with Crippen LogP contribution in [0.15, 0.2) is 41.9 Å². The van der Waals surface area contributed by atoms with Gasteiger partial charge in [0.1, 0.15) is 13.2 Å². The van der Waals surface area contributed by atoms with Gasteiger partial charge in [-0.15, -0.1) is 11.3 Å². The molecular weight excluding hydrogens is 326 g/mol. The number of hydrogen-bond donors (Lipinski definition) is 1. The number of carbonyl (C=O) groups excluding carboxylic acids is 2. The molecule has 0 radical (unpaired) electrons. The Hall–Kier alpha value is -2.25. The minimum absolute atomic E-state index is 0.0230. The van der Waals surface area contributed by atoms with Crippen molar-refractivity contribution in [1.82, 2.24) is 9.88 Å². The van der Waals surface area contributed by atoms with E-state index < -0.39 is 0 Å². The Morgan fingerprint density at radius 3 is 2.67 bits per heavy atom. The third-order valence-corrected chi connectivity index (χ3v) is 3.96. The summed E-state index contributed by atoms with van der Waals surface area (Å²) >= 11 is 1.34. The molecule has 0 aliphatic rings. The third-order valence-electron chi connectivity index (χ3n) is 3.27. The van der Waals surface area contributed by atoms with Gasteiger partial charge in [-0.05, 0) is 19.4 Å². The van der Waals surface area contributed by atoms with Gasteiger partial charge in [0.25, 0.3) is 0 Å². The van der Waals surface area contributed by atoms with E-state index in [2.05, 4.69) is 10.3 Å². The van der Waals surface area contributed by atoms with Gasteiger partial charge >= 0.3 is 0 Å². The van der Waals surface area contributed by atoms with Crippen molar-refractivity contribution in [2.24, 2.45) is 0 Å². The zero-order valence-electron chi connectivity index (χ0n) is 13.8. The largest absolute Gasteiger partial charge is 0.367 e. The summed E-state index contributed by atoms with van der Waals surface area (Å²) in [5.41, 5.74) is 1.00. The van der Waals surface area contributed by atoms with E-state index in [9.17, 15) is 9.59 Å². The second-order valence-electron chi connectivity index (χ2n) is 5.48. The number of rotatable bonds is 8. The van der Waals surface area contributed by atoms with Crippen molar-refractivity contribution in [2.75, 3.05) is 18.5 Å². The Morgan fingerprint density at radius 2 is 2.04 bits per heavy atom. The number of thiazole rings is 1. The van der Waals surface area contributed by atoms with Crippen LogP contribution in [0, 0.1) is 0 Å². The molecule has 1 N–H and O–H groups in total. The number of ether oxygens (including phenoxy) is 1. The molecule has 6 nitrogen and oxygen atoms in total. The van der Waals surface area contributed by atoms with Crippen LogP contribution >= 0.6 is 11.3 Å². The highest BCUT2D eigenvalue weighted by atomic mass is 32.1. The van der Waals surface area contributed by atoms with Gasteiger partial charge in [0.15, 0.2) is 5.13 Å². The Morgan fingerprint density at radius 1 is 1.29 bits per heavy atom. The van der Waals surface area contributed by atoms with Crippen LogP contribution in [0.25, 0.3) is 0 Å². The second kappa shape index (κ2) is 9.14. The first-order valence-electron chi connectivity index (χ1n) is 7.66. The normalized spacial score (nSPS) is 10.6. The van der Waals surface area contributed by atoms with E-state index in [0.29, 0.717) is 11.7 Å². The average molecular weight is 347 g/mol. The first-order chi connectivity index (χ1) is 11.6. The molecule has 0 spiro atoms. The highest BCUT2D eigenvalue weighted by Crippen LogP contribution is 2.10. The summed E-state index contributed by atoms with van der Waals surface area (Å²) < 4.78 is 5.47. The number of aromatic nitrogens is 1. The summed E-state index contributed by atoms with van der Waals surface area (Å²) in [4.78, 5) is 29.9. The zero-order chi connectivity index (χ0) is 17.4. The van der Waals surface area contributed by atoms with E-state index in [1.54, 1.807) is 11.6 Å². The van der Waals surface area contributed by atoms with Crippen LogP contribution in [0.2, 0.25) is 0 Å². The van der Waals surface area contributed by atoms with Crippen molar-refractivity contribution < 1.29 is 14.3 Å². The Labute approximate surface area is 145 Å². The van der Waals surface area contributed by atoms with Gasteiger partial charge in [-0.2, -0.15) is 0 Å². The molecule has 2 rings (SSSR count). The predicted octanol–water partition coefficient (Wildman–Crippen LogP) is 2.54. The highest BCUT2D eigenvalue weighted by molar-refractivity contribution is 7.13. The Bertz CT molecular complexity index is 644. The minimum Gasteiger partial charge on any atom is -0.367 e. The fourth-order valence-electron chi connectivity index (χ4n) is 2.07. The number of benzene rings is 1. The van der Waals surface area contributed by atoms with E-state index in [1.165, 1.54) is 16.2 Å². The maximum atomic E-state index is 12.3. The first kappa shape index (κ1) is 18.1. The van der Waals surface area contributed by atoms with E-state index in [1.807, 2.05) is 44.2 Å². The lowest BCUT2D eigenvalue weighted by Gasteiger charge is -2.25. The maximum Gasteiger partial charge on any atom is 0.249 e. The number of carbonyl (C=O) groups is 2. The van der Waals surface area contributed by atoms with Gasteiger partial charge in [-0.1, -0.05) is 30.3 Å². The number of amides is 2. The van der Waals surface area contributed by atoms with Crippen LogP contribution in [0.4, 0.5) is 5.13 Å². The molecule has 0 fully saturated rings. The molecule has 1 aromatic heterocycles. The number of nitrogens with zero attached hydrogens (tertiary/aromatic N) is 2. The third kappa shape index (κ3) is 5.75. The Kier molecular flexibility index (Phi) is 6.89. The molecule has 0 saturated carbocycles. The van der Waals surface area contributed by atoms with E-state index in [0.717, 1.165) is 5.56 Å². The lowest BCUT2D eigenvalue weighted by atomic mass is 10.2. The monoisotopic (exact) mass is 347 g/mol. The standard InChI is InChI=1S/C17H21N3O3S/c1-13(2)20(10-15(21)19-17-18-8-9-24-17)16(22)12-23-11-14-6-4-3-5-7-14/h3-9,13H,10-12H2,1-2H3,(H,18,19,21). The van der Waals surface area contributed by atoms with Crippen molar-refractivity contribution in [1.29, 1.82) is 0 Å². The summed E-state index contributed by atoms with van der Waals surface area (Å²) in [5, 5.41) is 4.98. The molecule has 0 atom stereocenters. The van der Waals surface area contributed by atoms with Gasteiger partial charge in [0.2, 0.25) is 11.8 Å². The lowest BCUT2D eigenvalue weighted by Crippen LogP contribution is -2.44. The quantitative estimate of drug-likeness (QED) is 0.796. The van der Waals surface area contributed by atoms with Gasteiger partial charge in [-0.25, -0.2) is 4.98 Å². The van der Waals surface area contributed by atoms with Crippen molar-refractivity contribution in [3.63, 3.8) is 0 Å². The van der Waals surface area contributed by atoms with Gasteiger partial charge < -0.3 is 15.0 Å². The number of anilines is 1. The average Bonchev–Trinajstić information content (AvgIpc) is 3.06. The fraction of sp³-hybridized carbons (Fsp3) is 0.353. The van der Waals surface area contributed by atoms with Crippen molar-refractivity contribution in [2.45, 2.75) is 26.5 Å². The van der Waals surface area contributed by atoms with Crippen molar-refractivity contribution in [3.8, 4) is 0 Å². The highest BCUT2D eigenvalue weighted by Gasteiger charge is 2.20. The van der Waals surface area contributed by atoms with Crippen LogP contribution in [-0.2, 0) is 20.9 Å². The van der Waals surface area contributed by atoms with E-state index in [4.69, 9.17) is 4.74 Å². The topological polar surface area (TPSA) is 71.5 Å². The summed E-state index contributed by atoms with van der Waals surface area (Å²) in [6.07, 6.45) is 1.61. The van der Waals surface area contributed by atoms with Crippen LogP contribution in [0.5, 0.6) is 0 Å². The smallest absolute Gasteiger partial charge is 0.249 e.